The van der Waals surface area contributed by atoms with Gasteiger partial charge < -0.3 is 5.32 Å². The minimum Gasteiger partial charge on any atom is -0.300 e. The summed E-state index contributed by atoms with van der Waals surface area (Å²) in [7, 11) is 0. The van der Waals surface area contributed by atoms with Crippen LogP contribution in [0.4, 0.5) is 9.52 Å². The summed E-state index contributed by atoms with van der Waals surface area (Å²) >= 11 is 1.31. The average Bonchev–Trinajstić information content (AvgIpc) is 3.11. The van der Waals surface area contributed by atoms with Crippen LogP contribution in [0.15, 0.2) is 35.8 Å². The van der Waals surface area contributed by atoms with E-state index in [1.54, 1.807) is 29.8 Å². The topological polar surface area (TPSA) is 85.6 Å². The van der Waals surface area contributed by atoms with Crippen LogP contribution in [0.3, 0.4) is 0 Å². The van der Waals surface area contributed by atoms with Gasteiger partial charge in [0, 0.05) is 11.6 Å². The van der Waals surface area contributed by atoms with Crippen LogP contribution in [-0.4, -0.2) is 31.1 Å². The van der Waals surface area contributed by atoms with E-state index < -0.39 is 5.82 Å². The lowest BCUT2D eigenvalue weighted by molar-refractivity contribution is -0.117. The van der Waals surface area contributed by atoms with E-state index >= 15 is 0 Å². The van der Waals surface area contributed by atoms with E-state index in [4.69, 9.17) is 0 Å². The Morgan fingerprint density at radius 2 is 2.24 bits per heavy atom. The van der Waals surface area contributed by atoms with Crippen LogP contribution in [0.1, 0.15) is 0 Å². The van der Waals surface area contributed by atoms with E-state index in [-0.39, 0.29) is 23.8 Å². The maximum atomic E-state index is 13.6. The normalized spacial score (nSPS) is 10.5. The molecule has 3 aromatic rings. The SMILES string of the molecule is O=C(Cn1nnc(-c2ccccc2F)n1)Nc1nccs1. The molecule has 0 spiro atoms. The predicted molar refractivity (Wildman–Crippen MR) is 74.0 cm³/mol. The minimum atomic E-state index is -0.440. The lowest BCUT2D eigenvalue weighted by Gasteiger charge is -1.99. The molecule has 106 valence electrons. The Morgan fingerprint density at radius 3 is 3.00 bits per heavy atom. The molecule has 0 atom stereocenters. The molecule has 0 aliphatic carbocycles. The summed E-state index contributed by atoms with van der Waals surface area (Å²) in [5, 5.41) is 16.3. The number of rotatable bonds is 4. The third-order valence-corrected chi connectivity index (χ3v) is 3.22. The fourth-order valence-electron chi connectivity index (χ4n) is 1.63. The first-order valence-corrected chi connectivity index (χ1v) is 6.82. The van der Waals surface area contributed by atoms with Crippen LogP contribution in [-0.2, 0) is 11.3 Å². The van der Waals surface area contributed by atoms with Crippen molar-refractivity contribution in [3.05, 3.63) is 41.7 Å². The number of aromatic nitrogens is 5. The van der Waals surface area contributed by atoms with Crippen molar-refractivity contribution in [1.82, 2.24) is 25.2 Å². The van der Waals surface area contributed by atoms with Gasteiger partial charge in [0.05, 0.1) is 5.56 Å². The van der Waals surface area contributed by atoms with Crippen LogP contribution < -0.4 is 5.32 Å². The van der Waals surface area contributed by atoms with Gasteiger partial charge in [0.1, 0.15) is 12.4 Å². The summed E-state index contributed by atoms with van der Waals surface area (Å²) in [6, 6.07) is 6.11. The quantitative estimate of drug-likeness (QED) is 0.791. The number of halogens is 1. The van der Waals surface area contributed by atoms with E-state index in [2.05, 4.69) is 25.7 Å². The highest BCUT2D eigenvalue weighted by Crippen LogP contribution is 2.17. The summed E-state index contributed by atoms with van der Waals surface area (Å²) in [6.07, 6.45) is 1.59. The molecule has 9 heteroatoms. The van der Waals surface area contributed by atoms with Crippen molar-refractivity contribution in [3.8, 4) is 11.4 Å². The standard InChI is InChI=1S/C12H9FN6OS/c13-9-4-2-1-3-8(9)11-16-18-19(17-11)7-10(20)15-12-14-5-6-21-12/h1-6H,7H2,(H,14,15,20). The van der Waals surface area contributed by atoms with E-state index in [0.717, 1.165) is 4.80 Å². The molecule has 7 nitrogen and oxygen atoms in total. The Balaban J connectivity index is 1.71. The fourth-order valence-corrected chi connectivity index (χ4v) is 2.18. The Bertz CT molecular complexity index is 757. The molecular weight excluding hydrogens is 295 g/mol. The number of hydrogen-bond donors (Lipinski definition) is 1. The molecule has 0 unspecified atom stereocenters. The number of carbonyl (C=O) groups is 1. The number of amides is 1. The van der Waals surface area contributed by atoms with Gasteiger partial charge in [0.25, 0.3) is 0 Å². The van der Waals surface area contributed by atoms with Crippen molar-refractivity contribution in [1.29, 1.82) is 0 Å². The number of carbonyl (C=O) groups excluding carboxylic acids is 1. The van der Waals surface area contributed by atoms with Crippen molar-refractivity contribution in [2.75, 3.05) is 5.32 Å². The molecule has 2 heterocycles. The number of thiazole rings is 1. The number of nitrogens with one attached hydrogen (secondary N) is 1. The molecule has 0 aliphatic heterocycles. The lowest BCUT2D eigenvalue weighted by atomic mass is 10.2. The molecule has 21 heavy (non-hydrogen) atoms. The third kappa shape index (κ3) is 3.08. The highest BCUT2D eigenvalue weighted by atomic mass is 32.1. The van der Waals surface area contributed by atoms with Crippen molar-refractivity contribution in [2.45, 2.75) is 6.54 Å². The van der Waals surface area contributed by atoms with Crippen LogP contribution in [0.5, 0.6) is 0 Å². The number of nitrogens with zero attached hydrogens (tertiary/aromatic N) is 5. The van der Waals surface area contributed by atoms with Gasteiger partial charge in [-0.1, -0.05) is 12.1 Å². The zero-order valence-corrected chi connectivity index (χ0v) is 11.4. The molecule has 2 aromatic heterocycles. The first-order valence-electron chi connectivity index (χ1n) is 5.94. The molecule has 1 aromatic carbocycles. The Labute approximate surface area is 122 Å². The van der Waals surface area contributed by atoms with Gasteiger partial charge in [-0.2, -0.15) is 4.80 Å². The Kier molecular flexibility index (Phi) is 3.65. The summed E-state index contributed by atoms with van der Waals surface area (Å²) in [5.74, 6) is -0.637. The molecular formula is C12H9FN6OS. The highest BCUT2D eigenvalue weighted by molar-refractivity contribution is 7.13. The zero-order valence-electron chi connectivity index (χ0n) is 10.6. The molecule has 0 saturated carbocycles. The monoisotopic (exact) mass is 304 g/mol. The molecule has 1 N–H and O–H groups in total. The largest absolute Gasteiger partial charge is 0.300 e. The molecule has 1 amide bonds. The summed E-state index contributed by atoms with van der Waals surface area (Å²) in [5.41, 5.74) is 0.240. The van der Waals surface area contributed by atoms with Crippen LogP contribution in [0, 0.1) is 5.82 Å². The Hall–Kier alpha value is -2.68. The van der Waals surface area contributed by atoms with Gasteiger partial charge in [0.2, 0.25) is 11.7 Å². The van der Waals surface area contributed by atoms with Crippen molar-refractivity contribution in [2.24, 2.45) is 0 Å². The molecule has 3 rings (SSSR count). The maximum Gasteiger partial charge on any atom is 0.249 e. The van der Waals surface area contributed by atoms with Gasteiger partial charge in [-0.3, -0.25) is 4.79 Å². The zero-order chi connectivity index (χ0) is 14.7. The smallest absolute Gasteiger partial charge is 0.249 e. The average molecular weight is 304 g/mol. The molecule has 0 radical (unpaired) electrons. The van der Waals surface area contributed by atoms with Crippen molar-refractivity contribution < 1.29 is 9.18 Å². The van der Waals surface area contributed by atoms with E-state index in [1.165, 1.54) is 17.4 Å². The molecule has 0 bridgehead atoms. The molecule has 0 fully saturated rings. The van der Waals surface area contributed by atoms with E-state index in [0.29, 0.717) is 5.13 Å². The summed E-state index contributed by atoms with van der Waals surface area (Å²) < 4.78 is 13.6. The van der Waals surface area contributed by atoms with Crippen LogP contribution in [0.2, 0.25) is 0 Å². The van der Waals surface area contributed by atoms with Gasteiger partial charge >= 0.3 is 0 Å². The second-order valence-electron chi connectivity index (χ2n) is 4.01. The summed E-state index contributed by atoms with van der Waals surface area (Å²) in [4.78, 5) is 16.8. The summed E-state index contributed by atoms with van der Waals surface area (Å²) in [6.45, 7) is -0.124. The molecule has 0 saturated heterocycles. The first kappa shape index (κ1) is 13.3. The van der Waals surface area contributed by atoms with Crippen molar-refractivity contribution in [3.63, 3.8) is 0 Å². The van der Waals surface area contributed by atoms with Gasteiger partial charge in [0.15, 0.2) is 5.13 Å². The number of anilines is 1. The minimum absolute atomic E-state index is 0.124. The maximum absolute atomic E-state index is 13.6. The number of hydrogen-bond acceptors (Lipinski definition) is 6. The van der Waals surface area contributed by atoms with E-state index in [1.807, 2.05) is 0 Å². The third-order valence-electron chi connectivity index (χ3n) is 2.53. The highest BCUT2D eigenvalue weighted by Gasteiger charge is 2.12. The van der Waals surface area contributed by atoms with Gasteiger partial charge in [-0.15, -0.1) is 21.5 Å². The number of tetrazole rings is 1. The predicted octanol–water partition coefficient (Wildman–Crippen LogP) is 1.57. The van der Waals surface area contributed by atoms with Crippen LogP contribution in [0.25, 0.3) is 11.4 Å². The van der Waals surface area contributed by atoms with Crippen molar-refractivity contribution >= 4 is 22.4 Å². The molecule has 0 aliphatic rings. The lowest BCUT2D eigenvalue weighted by Crippen LogP contribution is -2.20. The fraction of sp³-hybridized carbons (Fsp3) is 0.0833. The second kappa shape index (κ2) is 5.75. The van der Waals surface area contributed by atoms with Gasteiger partial charge in [-0.25, -0.2) is 9.37 Å². The first-order chi connectivity index (χ1) is 10.2. The second-order valence-corrected chi connectivity index (χ2v) is 4.90. The Morgan fingerprint density at radius 1 is 1.38 bits per heavy atom. The number of benzene rings is 1. The van der Waals surface area contributed by atoms with Gasteiger partial charge in [-0.05, 0) is 17.3 Å². The van der Waals surface area contributed by atoms with E-state index in [9.17, 15) is 9.18 Å². The van der Waals surface area contributed by atoms with Crippen LogP contribution >= 0.6 is 11.3 Å².